The molecule has 3 aliphatic rings. The molecule has 3 fully saturated rings. The van der Waals surface area contributed by atoms with Crippen molar-refractivity contribution < 1.29 is 29.3 Å². The van der Waals surface area contributed by atoms with Crippen LogP contribution in [-0.4, -0.2) is 69.8 Å². The van der Waals surface area contributed by atoms with Gasteiger partial charge in [-0.3, -0.25) is 14.4 Å². The van der Waals surface area contributed by atoms with Gasteiger partial charge in [-0.05, 0) is 38.3 Å². The zero-order valence-electron chi connectivity index (χ0n) is 18.0. The Morgan fingerprint density at radius 1 is 1.47 bits per heavy atom. The molecule has 9 heteroatoms. The summed E-state index contributed by atoms with van der Waals surface area (Å²) in [7, 11) is 0. The average Bonchev–Trinajstić information content (AvgIpc) is 3.39. The summed E-state index contributed by atoms with van der Waals surface area (Å²) < 4.78 is 6.18. The van der Waals surface area contributed by atoms with Crippen molar-refractivity contribution in [3.63, 3.8) is 0 Å². The normalized spacial score (nSPS) is 31.5. The van der Waals surface area contributed by atoms with Crippen LogP contribution in [0, 0.1) is 18.8 Å². The van der Waals surface area contributed by atoms with Gasteiger partial charge >= 0.3 is 5.97 Å². The monoisotopic (exact) mass is 462 g/mol. The minimum absolute atomic E-state index is 0.141. The second-order valence-corrected chi connectivity index (χ2v) is 9.22. The molecule has 2 bridgehead atoms. The molecule has 172 valence electrons. The highest BCUT2D eigenvalue weighted by molar-refractivity contribution is 6.34. The number of amides is 2. The molecular weight excluding hydrogens is 436 g/mol. The summed E-state index contributed by atoms with van der Waals surface area (Å²) in [6, 6.07) is 3.53. The minimum atomic E-state index is -1.25. The van der Waals surface area contributed by atoms with Gasteiger partial charge in [0.25, 0.3) is 5.91 Å². The Hall–Kier alpha value is -2.42. The standard InChI is InChI=1S/C23H27ClN2O6/c1-4-10-25(18-12(2)6-5-7-14(18)24)21(29)19-23-9-8-15(32-23)16(22(30)31)17(23)20(28)26(19)13(3)11-27/h4-7,13,15-17,19,27H,1,8-11H2,2-3H3,(H,30,31)/t13-,15+,16-,17+,19?,23?/m1/s1. The summed E-state index contributed by atoms with van der Waals surface area (Å²) >= 11 is 6.46. The van der Waals surface area contributed by atoms with Gasteiger partial charge in [0, 0.05) is 6.54 Å². The van der Waals surface area contributed by atoms with Gasteiger partial charge in [0.05, 0.1) is 41.3 Å². The van der Waals surface area contributed by atoms with E-state index in [0.717, 1.165) is 5.56 Å². The molecule has 6 atom stereocenters. The molecule has 32 heavy (non-hydrogen) atoms. The highest BCUT2D eigenvalue weighted by atomic mass is 35.5. The topological polar surface area (TPSA) is 107 Å². The van der Waals surface area contributed by atoms with Crippen LogP contribution in [0.15, 0.2) is 30.9 Å². The van der Waals surface area contributed by atoms with Crippen LogP contribution in [0.25, 0.3) is 0 Å². The molecule has 0 aliphatic carbocycles. The van der Waals surface area contributed by atoms with Crippen LogP contribution in [0.5, 0.6) is 0 Å². The number of para-hydroxylation sites is 1. The van der Waals surface area contributed by atoms with Crippen molar-refractivity contribution in [1.29, 1.82) is 0 Å². The average molecular weight is 463 g/mol. The Bertz CT molecular complexity index is 963. The number of aryl methyl sites for hydroxylation is 1. The van der Waals surface area contributed by atoms with Crippen LogP contribution in [-0.2, 0) is 19.1 Å². The maximum absolute atomic E-state index is 14.1. The van der Waals surface area contributed by atoms with Crippen LogP contribution in [0.4, 0.5) is 5.69 Å². The van der Waals surface area contributed by atoms with Crippen LogP contribution < -0.4 is 4.90 Å². The molecule has 1 aromatic rings. The van der Waals surface area contributed by atoms with E-state index in [1.54, 1.807) is 25.1 Å². The molecule has 3 heterocycles. The molecule has 0 saturated carbocycles. The number of carbonyl (C=O) groups is 3. The largest absolute Gasteiger partial charge is 0.481 e. The Balaban J connectivity index is 1.85. The van der Waals surface area contributed by atoms with Crippen LogP contribution in [0.2, 0.25) is 5.02 Å². The number of anilines is 1. The predicted octanol–water partition coefficient (Wildman–Crippen LogP) is 2.01. The third-order valence-electron chi connectivity index (χ3n) is 7.03. The van der Waals surface area contributed by atoms with E-state index in [4.69, 9.17) is 16.3 Å². The lowest BCUT2D eigenvalue weighted by atomic mass is 9.70. The van der Waals surface area contributed by atoms with E-state index in [1.807, 2.05) is 13.0 Å². The third-order valence-corrected chi connectivity index (χ3v) is 7.34. The number of benzene rings is 1. The van der Waals surface area contributed by atoms with Crippen LogP contribution >= 0.6 is 11.6 Å². The molecule has 2 amide bonds. The molecule has 2 unspecified atom stereocenters. The van der Waals surface area contributed by atoms with E-state index < -0.39 is 53.4 Å². The second kappa shape index (κ2) is 8.17. The minimum Gasteiger partial charge on any atom is -0.481 e. The quantitative estimate of drug-likeness (QED) is 0.600. The lowest BCUT2D eigenvalue weighted by Gasteiger charge is -2.39. The lowest BCUT2D eigenvalue weighted by molar-refractivity contribution is -0.150. The first kappa shape index (κ1) is 22.8. The number of hydrogen-bond donors (Lipinski definition) is 2. The third kappa shape index (κ3) is 3.08. The van der Waals surface area contributed by atoms with Crippen molar-refractivity contribution >= 4 is 35.1 Å². The number of likely N-dealkylation sites (tertiary alicyclic amines) is 1. The van der Waals surface area contributed by atoms with Crippen molar-refractivity contribution in [3.8, 4) is 0 Å². The Morgan fingerprint density at radius 2 is 2.19 bits per heavy atom. The summed E-state index contributed by atoms with van der Waals surface area (Å²) in [4.78, 5) is 42.5. The summed E-state index contributed by atoms with van der Waals surface area (Å²) in [6.45, 7) is 7.00. The number of ether oxygens (including phenoxy) is 1. The van der Waals surface area contributed by atoms with Gasteiger partial charge in [0.15, 0.2) is 0 Å². The van der Waals surface area contributed by atoms with Gasteiger partial charge in [-0.1, -0.05) is 29.8 Å². The highest BCUT2D eigenvalue weighted by Crippen LogP contribution is 2.59. The SMILES string of the molecule is C=CCN(C(=O)C1N([C@H](C)CO)C(=O)[C@@H]2[C@H](C(=O)O)[C@@H]3CCC12O3)c1c(C)cccc1Cl. The molecular formula is C23H27ClN2O6. The van der Waals surface area contributed by atoms with E-state index >= 15 is 0 Å². The molecule has 3 aliphatic heterocycles. The summed E-state index contributed by atoms with van der Waals surface area (Å²) in [5.74, 6) is -3.99. The predicted molar refractivity (Wildman–Crippen MR) is 117 cm³/mol. The van der Waals surface area contributed by atoms with Crippen molar-refractivity contribution in [2.75, 3.05) is 18.1 Å². The van der Waals surface area contributed by atoms with E-state index in [1.165, 1.54) is 9.80 Å². The number of rotatable bonds is 7. The smallest absolute Gasteiger partial charge is 0.310 e. The summed E-state index contributed by atoms with van der Waals surface area (Å²) in [5.41, 5.74) is 0.0260. The van der Waals surface area contributed by atoms with Crippen LogP contribution in [0.3, 0.4) is 0 Å². The lowest BCUT2D eigenvalue weighted by Crippen LogP contribution is -2.58. The van der Waals surface area contributed by atoms with Gasteiger partial charge in [-0.2, -0.15) is 0 Å². The fraction of sp³-hybridized carbons (Fsp3) is 0.522. The summed E-state index contributed by atoms with van der Waals surface area (Å²) in [5, 5.41) is 20.0. The number of carbonyl (C=O) groups excluding carboxylic acids is 2. The highest BCUT2D eigenvalue weighted by Gasteiger charge is 2.75. The molecule has 8 nitrogen and oxygen atoms in total. The first-order chi connectivity index (χ1) is 15.2. The molecule has 4 rings (SSSR count). The number of halogens is 1. The van der Waals surface area contributed by atoms with Crippen molar-refractivity contribution in [1.82, 2.24) is 4.90 Å². The number of aliphatic hydroxyl groups is 1. The first-order valence-electron chi connectivity index (χ1n) is 10.7. The van der Waals surface area contributed by atoms with Gasteiger partial charge in [0.1, 0.15) is 11.6 Å². The van der Waals surface area contributed by atoms with Crippen molar-refractivity contribution in [2.24, 2.45) is 11.8 Å². The van der Waals surface area contributed by atoms with Crippen LogP contribution in [0.1, 0.15) is 25.3 Å². The summed E-state index contributed by atoms with van der Waals surface area (Å²) in [6.07, 6.45) is 1.81. The number of aliphatic carboxylic acids is 1. The molecule has 3 saturated heterocycles. The molecule has 1 spiro atoms. The maximum Gasteiger partial charge on any atom is 0.310 e. The van der Waals surface area contributed by atoms with Crippen molar-refractivity contribution in [2.45, 2.75) is 50.5 Å². The van der Waals surface area contributed by atoms with E-state index in [-0.39, 0.29) is 13.2 Å². The van der Waals surface area contributed by atoms with E-state index in [2.05, 4.69) is 6.58 Å². The number of nitrogens with zero attached hydrogens (tertiary/aromatic N) is 2. The Labute approximate surface area is 191 Å². The number of hydrogen-bond acceptors (Lipinski definition) is 5. The fourth-order valence-electron chi connectivity index (χ4n) is 5.75. The first-order valence-corrected chi connectivity index (χ1v) is 11.1. The second-order valence-electron chi connectivity index (χ2n) is 8.81. The van der Waals surface area contributed by atoms with Gasteiger partial charge in [0.2, 0.25) is 5.91 Å². The Kier molecular flexibility index (Phi) is 5.81. The number of aliphatic hydroxyl groups excluding tert-OH is 1. The molecule has 2 N–H and O–H groups in total. The zero-order valence-corrected chi connectivity index (χ0v) is 18.8. The van der Waals surface area contributed by atoms with E-state index in [9.17, 15) is 24.6 Å². The van der Waals surface area contributed by atoms with E-state index in [0.29, 0.717) is 23.6 Å². The molecule has 0 aromatic heterocycles. The van der Waals surface area contributed by atoms with Gasteiger partial charge in [-0.25, -0.2) is 0 Å². The maximum atomic E-state index is 14.1. The Morgan fingerprint density at radius 3 is 2.78 bits per heavy atom. The molecule has 0 radical (unpaired) electrons. The van der Waals surface area contributed by atoms with Gasteiger partial charge < -0.3 is 24.7 Å². The molecule has 1 aromatic carbocycles. The van der Waals surface area contributed by atoms with Crippen molar-refractivity contribution in [3.05, 3.63) is 41.4 Å². The number of carboxylic acid groups (broad SMARTS) is 1. The number of fused-ring (bicyclic) bond motifs is 1. The fourth-order valence-corrected chi connectivity index (χ4v) is 6.07. The van der Waals surface area contributed by atoms with Gasteiger partial charge in [-0.15, -0.1) is 6.58 Å². The zero-order chi connectivity index (χ0) is 23.4. The number of carboxylic acids is 1.